The van der Waals surface area contributed by atoms with Gasteiger partial charge >= 0.3 is 0 Å². The highest BCUT2D eigenvalue weighted by Crippen LogP contribution is 2.19. The van der Waals surface area contributed by atoms with Crippen molar-refractivity contribution >= 4 is 27.5 Å². The van der Waals surface area contributed by atoms with Crippen LogP contribution >= 0.6 is 15.9 Å². The van der Waals surface area contributed by atoms with Crippen molar-refractivity contribution in [3.05, 3.63) is 63.6 Å². The van der Waals surface area contributed by atoms with Gasteiger partial charge in [-0.3, -0.25) is 4.79 Å². The van der Waals surface area contributed by atoms with E-state index in [1.807, 2.05) is 56.3 Å². The summed E-state index contributed by atoms with van der Waals surface area (Å²) in [6, 6.07) is 13.9. The van der Waals surface area contributed by atoms with Crippen LogP contribution in [0.25, 0.3) is 0 Å². The topological polar surface area (TPSA) is 29.1 Å². The average Bonchev–Trinajstić information content (AvgIpc) is 2.26. The third-order valence-electron chi connectivity index (χ3n) is 2.77. The van der Waals surface area contributed by atoms with Gasteiger partial charge in [-0.25, -0.2) is 0 Å². The zero-order valence-corrected chi connectivity index (χ0v) is 12.6. The molecule has 0 aliphatic rings. The summed E-state index contributed by atoms with van der Waals surface area (Å²) in [5.74, 6) is 0.00287. The van der Waals surface area contributed by atoms with Gasteiger partial charge in [0, 0.05) is 10.2 Å². The molecule has 0 unspecified atom stereocenters. The summed E-state index contributed by atoms with van der Waals surface area (Å²) in [5.41, 5.74) is 4.14. The van der Waals surface area contributed by atoms with Crippen LogP contribution in [0.5, 0.6) is 0 Å². The quantitative estimate of drug-likeness (QED) is 0.901. The van der Waals surface area contributed by atoms with E-state index in [1.54, 1.807) is 0 Å². The second-order valence-corrected chi connectivity index (χ2v) is 5.65. The first-order valence-electron chi connectivity index (χ1n) is 6.15. The largest absolute Gasteiger partial charge is 0.326 e. The zero-order valence-electron chi connectivity index (χ0n) is 11.0. The van der Waals surface area contributed by atoms with Gasteiger partial charge in [-0.05, 0) is 43.2 Å². The van der Waals surface area contributed by atoms with Gasteiger partial charge in [-0.1, -0.05) is 45.8 Å². The van der Waals surface area contributed by atoms with Crippen LogP contribution < -0.4 is 5.32 Å². The van der Waals surface area contributed by atoms with Crippen LogP contribution in [0.15, 0.2) is 46.9 Å². The minimum absolute atomic E-state index is 0.00287. The second-order valence-electron chi connectivity index (χ2n) is 4.73. The highest BCUT2D eigenvalue weighted by molar-refractivity contribution is 9.10. The number of aryl methyl sites for hydroxylation is 2. The number of hydrogen-bond acceptors (Lipinski definition) is 1. The lowest BCUT2D eigenvalue weighted by Crippen LogP contribution is -2.14. The van der Waals surface area contributed by atoms with E-state index in [4.69, 9.17) is 0 Å². The molecule has 0 aliphatic heterocycles. The monoisotopic (exact) mass is 317 g/mol. The summed E-state index contributed by atoms with van der Waals surface area (Å²) in [6.07, 6.45) is 0.396. The number of carbonyl (C=O) groups is 1. The fraction of sp³-hybridized carbons (Fsp3) is 0.188. The average molecular weight is 318 g/mol. The van der Waals surface area contributed by atoms with Crippen LogP contribution in [0.2, 0.25) is 0 Å². The Morgan fingerprint density at radius 3 is 2.58 bits per heavy atom. The molecule has 0 bridgehead atoms. The Bertz CT molecular complexity index is 587. The molecule has 1 amide bonds. The van der Waals surface area contributed by atoms with E-state index >= 15 is 0 Å². The Morgan fingerprint density at radius 2 is 1.89 bits per heavy atom. The normalized spacial score (nSPS) is 10.3. The van der Waals surface area contributed by atoms with Gasteiger partial charge in [-0.15, -0.1) is 0 Å². The van der Waals surface area contributed by atoms with E-state index in [0.29, 0.717) is 6.42 Å². The van der Waals surface area contributed by atoms with Gasteiger partial charge in [0.25, 0.3) is 0 Å². The second kappa shape index (κ2) is 6.02. The first-order chi connectivity index (χ1) is 9.02. The van der Waals surface area contributed by atoms with E-state index in [1.165, 1.54) is 5.56 Å². The maximum absolute atomic E-state index is 12.0. The lowest BCUT2D eigenvalue weighted by atomic mass is 10.1. The van der Waals surface area contributed by atoms with Gasteiger partial charge in [0.2, 0.25) is 5.91 Å². The molecule has 3 heteroatoms. The molecule has 0 spiro atoms. The number of carbonyl (C=O) groups excluding carboxylic acids is 1. The molecule has 2 nitrogen and oxygen atoms in total. The van der Waals surface area contributed by atoms with E-state index in [0.717, 1.165) is 21.3 Å². The molecule has 0 saturated heterocycles. The molecule has 2 rings (SSSR count). The predicted molar refractivity (Wildman–Crippen MR) is 82.4 cm³/mol. The molecule has 1 N–H and O–H groups in total. The van der Waals surface area contributed by atoms with Gasteiger partial charge in [0.05, 0.1) is 6.42 Å². The van der Waals surface area contributed by atoms with Crippen LogP contribution in [-0.4, -0.2) is 5.91 Å². The molecule has 19 heavy (non-hydrogen) atoms. The van der Waals surface area contributed by atoms with Crippen molar-refractivity contribution < 1.29 is 4.79 Å². The lowest BCUT2D eigenvalue weighted by molar-refractivity contribution is -0.115. The number of hydrogen-bond donors (Lipinski definition) is 1. The van der Waals surface area contributed by atoms with Crippen LogP contribution in [0, 0.1) is 13.8 Å². The van der Waals surface area contributed by atoms with Crippen molar-refractivity contribution in [3.63, 3.8) is 0 Å². The molecule has 0 heterocycles. The maximum atomic E-state index is 12.0. The van der Waals surface area contributed by atoms with Crippen molar-refractivity contribution in [1.29, 1.82) is 0 Å². The Hall–Kier alpha value is -1.61. The molecule has 2 aromatic rings. The Morgan fingerprint density at radius 1 is 1.11 bits per heavy atom. The predicted octanol–water partition coefficient (Wildman–Crippen LogP) is 4.25. The van der Waals surface area contributed by atoms with Crippen molar-refractivity contribution in [3.8, 4) is 0 Å². The molecule has 0 fully saturated rings. The van der Waals surface area contributed by atoms with Crippen LogP contribution in [0.1, 0.15) is 16.7 Å². The van der Waals surface area contributed by atoms with E-state index in [-0.39, 0.29) is 5.91 Å². The standard InChI is InChI=1S/C16H16BrNO/c1-11-4-3-5-13(6-11)9-16(19)18-15-8-12(2)7-14(17)10-15/h3-8,10H,9H2,1-2H3,(H,18,19). The highest BCUT2D eigenvalue weighted by Gasteiger charge is 2.05. The van der Waals surface area contributed by atoms with E-state index in [9.17, 15) is 4.79 Å². The number of nitrogens with one attached hydrogen (secondary N) is 1. The van der Waals surface area contributed by atoms with E-state index in [2.05, 4.69) is 21.2 Å². The summed E-state index contributed by atoms with van der Waals surface area (Å²) in [7, 11) is 0. The number of benzene rings is 2. The molecular weight excluding hydrogens is 302 g/mol. The van der Waals surface area contributed by atoms with E-state index < -0.39 is 0 Å². The highest BCUT2D eigenvalue weighted by atomic mass is 79.9. The van der Waals surface area contributed by atoms with Crippen molar-refractivity contribution in [1.82, 2.24) is 0 Å². The minimum atomic E-state index is 0.00287. The van der Waals surface area contributed by atoms with Crippen LogP contribution in [-0.2, 0) is 11.2 Å². The molecule has 0 aliphatic carbocycles. The summed E-state index contributed by atoms with van der Waals surface area (Å²) in [4.78, 5) is 12.0. The molecule has 0 radical (unpaired) electrons. The number of rotatable bonds is 3. The Labute approximate surface area is 122 Å². The fourth-order valence-corrected chi connectivity index (χ4v) is 2.63. The lowest BCUT2D eigenvalue weighted by Gasteiger charge is -2.07. The van der Waals surface area contributed by atoms with Gasteiger partial charge in [0.15, 0.2) is 0 Å². The first-order valence-corrected chi connectivity index (χ1v) is 6.95. The van der Waals surface area contributed by atoms with Gasteiger partial charge in [-0.2, -0.15) is 0 Å². The summed E-state index contributed by atoms with van der Waals surface area (Å²) in [6.45, 7) is 4.03. The molecular formula is C16H16BrNO. The number of anilines is 1. The molecule has 0 saturated carbocycles. The minimum Gasteiger partial charge on any atom is -0.326 e. The first kappa shape index (κ1) is 13.8. The summed E-state index contributed by atoms with van der Waals surface area (Å²) >= 11 is 3.43. The third-order valence-corrected chi connectivity index (χ3v) is 3.23. The van der Waals surface area contributed by atoms with Crippen LogP contribution in [0.3, 0.4) is 0 Å². The van der Waals surface area contributed by atoms with Crippen molar-refractivity contribution in [2.45, 2.75) is 20.3 Å². The SMILES string of the molecule is Cc1cccc(CC(=O)Nc2cc(C)cc(Br)c2)c1. The number of halogens is 1. The fourth-order valence-electron chi connectivity index (χ4n) is 2.02. The third kappa shape index (κ3) is 4.21. The number of amides is 1. The molecule has 0 aromatic heterocycles. The Balaban J connectivity index is 2.05. The molecule has 2 aromatic carbocycles. The summed E-state index contributed by atoms with van der Waals surface area (Å²) in [5, 5.41) is 2.92. The van der Waals surface area contributed by atoms with Crippen molar-refractivity contribution in [2.24, 2.45) is 0 Å². The Kier molecular flexibility index (Phi) is 4.38. The molecule has 0 atom stereocenters. The maximum Gasteiger partial charge on any atom is 0.228 e. The van der Waals surface area contributed by atoms with Crippen LogP contribution in [0.4, 0.5) is 5.69 Å². The van der Waals surface area contributed by atoms with Crippen molar-refractivity contribution in [2.75, 3.05) is 5.32 Å². The van der Waals surface area contributed by atoms with Gasteiger partial charge < -0.3 is 5.32 Å². The summed E-state index contributed by atoms with van der Waals surface area (Å²) < 4.78 is 0.971. The van der Waals surface area contributed by atoms with Gasteiger partial charge in [0.1, 0.15) is 0 Å². The zero-order chi connectivity index (χ0) is 13.8. The smallest absolute Gasteiger partial charge is 0.228 e. The molecule has 98 valence electrons.